The van der Waals surface area contributed by atoms with E-state index in [4.69, 9.17) is 4.42 Å². The molecule has 2 heterocycles. The lowest BCUT2D eigenvalue weighted by Gasteiger charge is -2.16. The van der Waals surface area contributed by atoms with Crippen molar-refractivity contribution < 1.29 is 14.3 Å². The van der Waals surface area contributed by atoms with E-state index >= 15 is 0 Å². The molecule has 0 aliphatic rings. The predicted octanol–water partition coefficient (Wildman–Crippen LogP) is 3.97. The van der Waals surface area contributed by atoms with Crippen LogP contribution in [0.5, 0.6) is 5.88 Å². The van der Waals surface area contributed by atoms with Gasteiger partial charge in [-0.1, -0.05) is 41.7 Å². The van der Waals surface area contributed by atoms with Gasteiger partial charge < -0.3 is 14.4 Å². The summed E-state index contributed by atoms with van der Waals surface area (Å²) >= 11 is 0.975. The molecule has 0 saturated carbocycles. The number of hydrogen-bond acceptors (Lipinski definition) is 6. The van der Waals surface area contributed by atoms with Crippen LogP contribution >= 0.6 is 11.3 Å². The number of aromatic nitrogens is 2. The number of aryl methyl sites for hydroxylation is 1. The highest BCUT2D eigenvalue weighted by Crippen LogP contribution is 2.23. The van der Waals surface area contributed by atoms with Gasteiger partial charge >= 0.3 is 4.87 Å². The molecule has 0 unspecified atom stereocenters. The SMILES string of the molecule is Cc1oc(-c2ccccc2)nc1CN(C)C(=O)c1ccc(Cc2sc(=O)[nH]c2O)cc1. The summed E-state index contributed by atoms with van der Waals surface area (Å²) < 4.78 is 5.78. The number of aromatic amines is 1. The minimum absolute atomic E-state index is 0.104. The summed E-state index contributed by atoms with van der Waals surface area (Å²) in [6.07, 6.45) is 0.417. The van der Waals surface area contributed by atoms with Crippen LogP contribution in [0.1, 0.15) is 32.3 Å². The van der Waals surface area contributed by atoms with Crippen LogP contribution in [0.2, 0.25) is 0 Å². The molecule has 4 aromatic rings. The average Bonchev–Trinajstić information content (AvgIpc) is 3.29. The second-order valence-corrected chi connectivity index (χ2v) is 8.28. The lowest BCUT2D eigenvalue weighted by Crippen LogP contribution is -2.26. The van der Waals surface area contributed by atoms with Crippen LogP contribution in [-0.2, 0) is 13.0 Å². The van der Waals surface area contributed by atoms with Gasteiger partial charge in [0.25, 0.3) is 5.91 Å². The second-order valence-electron chi connectivity index (χ2n) is 7.21. The Balaban J connectivity index is 1.44. The number of nitrogens with zero attached hydrogens (tertiary/aromatic N) is 2. The molecule has 158 valence electrons. The third-order valence-electron chi connectivity index (χ3n) is 4.91. The molecule has 2 aromatic carbocycles. The molecule has 0 radical (unpaired) electrons. The van der Waals surface area contributed by atoms with Crippen LogP contribution in [0.25, 0.3) is 11.5 Å². The summed E-state index contributed by atoms with van der Waals surface area (Å²) in [5.74, 6) is 0.977. The van der Waals surface area contributed by atoms with Crippen molar-refractivity contribution in [2.24, 2.45) is 0 Å². The fourth-order valence-electron chi connectivity index (χ4n) is 3.22. The Morgan fingerprint density at radius 1 is 1.16 bits per heavy atom. The van der Waals surface area contributed by atoms with Crippen molar-refractivity contribution in [3.8, 4) is 17.3 Å². The predicted molar refractivity (Wildman–Crippen MR) is 118 cm³/mol. The maximum Gasteiger partial charge on any atom is 0.307 e. The number of nitrogens with one attached hydrogen (secondary N) is 1. The number of aromatic hydroxyl groups is 1. The maximum absolute atomic E-state index is 12.8. The first-order valence-corrected chi connectivity index (χ1v) is 10.5. The Kier molecular flexibility index (Phi) is 5.73. The van der Waals surface area contributed by atoms with E-state index in [2.05, 4.69) is 9.97 Å². The van der Waals surface area contributed by atoms with Crippen LogP contribution in [0, 0.1) is 6.92 Å². The highest BCUT2D eigenvalue weighted by molar-refractivity contribution is 7.09. The second kappa shape index (κ2) is 8.61. The molecule has 0 aliphatic carbocycles. The summed E-state index contributed by atoms with van der Waals surface area (Å²) in [5, 5.41) is 9.73. The normalized spacial score (nSPS) is 10.9. The molecule has 0 fully saturated rings. The molecular weight excluding hydrogens is 414 g/mol. The van der Waals surface area contributed by atoms with Gasteiger partial charge in [-0.05, 0) is 36.8 Å². The van der Waals surface area contributed by atoms with Gasteiger partial charge in [0.2, 0.25) is 11.8 Å². The fraction of sp³-hybridized carbons (Fsp3) is 0.174. The van der Waals surface area contributed by atoms with E-state index in [-0.39, 0.29) is 16.7 Å². The molecule has 7 nitrogen and oxygen atoms in total. The largest absolute Gasteiger partial charge is 0.494 e. The quantitative estimate of drug-likeness (QED) is 0.477. The van der Waals surface area contributed by atoms with E-state index in [9.17, 15) is 14.7 Å². The Bertz CT molecular complexity index is 1260. The molecule has 2 N–H and O–H groups in total. The number of H-pyrrole nitrogens is 1. The van der Waals surface area contributed by atoms with Gasteiger partial charge in [-0.2, -0.15) is 0 Å². The van der Waals surface area contributed by atoms with Crippen molar-refractivity contribution in [1.29, 1.82) is 0 Å². The Morgan fingerprint density at radius 2 is 1.87 bits per heavy atom. The molecule has 0 spiro atoms. The Morgan fingerprint density at radius 3 is 2.52 bits per heavy atom. The van der Waals surface area contributed by atoms with Crippen LogP contribution in [0.3, 0.4) is 0 Å². The topological polar surface area (TPSA) is 99.4 Å². The van der Waals surface area contributed by atoms with Gasteiger partial charge in [-0.15, -0.1) is 0 Å². The summed E-state index contributed by atoms with van der Waals surface area (Å²) in [5.41, 5.74) is 3.04. The smallest absolute Gasteiger partial charge is 0.307 e. The zero-order chi connectivity index (χ0) is 22.0. The third-order valence-corrected chi connectivity index (χ3v) is 5.78. The van der Waals surface area contributed by atoms with Gasteiger partial charge in [-0.3, -0.25) is 14.6 Å². The van der Waals surface area contributed by atoms with Crippen LogP contribution in [0.4, 0.5) is 0 Å². The number of amides is 1. The number of thiazole rings is 1. The van der Waals surface area contributed by atoms with E-state index in [1.54, 1.807) is 24.1 Å². The van der Waals surface area contributed by atoms with Crippen molar-refractivity contribution in [1.82, 2.24) is 14.9 Å². The summed E-state index contributed by atoms with van der Waals surface area (Å²) in [4.78, 5) is 32.9. The van der Waals surface area contributed by atoms with Gasteiger partial charge in [0, 0.05) is 24.6 Å². The van der Waals surface area contributed by atoms with Gasteiger partial charge in [0.15, 0.2) is 0 Å². The van der Waals surface area contributed by atoms with E-state index in [0.717, 1.165) is 22.5 Å². The standard InChI is InChI=1S/C23H21N3O4S/c1-14-18(24-21(30-14)16-6-4-3-5-7-16)13-26(2)22(28)17-10-8-15(9-11-17)12-19-20(27)25-23(29)31-19/h3-11,27H,12-13H2,1-2H3,(H,25,29). The number of benzene rings is 2. The zero-order valence-electron chi connectivity index (χ0n) is 17.1. The molecule has 31 heavy (non-hydrogen) atoms. The number of rotatable bonds is 6. The van der Waals surface area contributed by atoms with Crippen molar-refractivity contribution in [2.45, 2.75) is 19.9 Å². The van der Waals surface area contributed by atoms with Gasteiger partial charge in [0.05, 0.1) is 11.4 Å². The van der Waals surface area contributed by atoms with Gasteiger partial charge in [-0.25, -0.2) is 4.98 Å². The Hall–Kier alpha value is -3.65. The van der Waals surface area contributed by atoms with Crippen molar-refractivity contribution in [3.63, 3.8) is 0 Å². The minimum atomic E-state index is -0.292. The van der Waals surface area contributed by atoms with Crippen molar-refractivity contribution >= 4 is 17.2 Å². The monoisotopic (exact) mass is 435 g/mol. The molecule has 0 bridgehead atoms. The lowest BCUT2D eigenvalue weighted by molar-refractivity contribution is 0.0783. The number of carbonyl (C=O) groups is 1. The Labute approximate surface area is 182 Å². The minimum Gasteiger partial charge on any atom is -0.494 e. The number of hydrogen-bond donors (Lipinski definition) is 2. The van der Waals surface area contributed by atoms with Gasteiger partial charge in [0.1, 0.15) is 11.5 Å². The average molecular weight is 436 g/mol. The zero-order valence-corrected chi connectivity index (χ0v) is 17.9. The summed E-state index contributed by atoms with van der Waals surface area (Å²) in [6, 6.07) is 16.8. The molecule has 0 aliphatic heterocycles. The summed E-state index contributed by atoms with van der Waals surface area (Å²) in [6.45, 7) is 2.17. The number of oxazole rings is 1. The molecule has 4 rings (SSSR count). The van der Waals surface area contributed by atoms with Crippen molar-refractivity contribution in [3.05, 3.63) is 91.7 Å². The lowest BCUT2D eigenvalue weighted by atomic mass is 10.1. The van der Waals surface area contributed by atoms with E-state index in [0.29, 0.717) is 40.8 Å². The molecule has 1 amide bonds. The van der Waals surface area contributed by atoms with Crippen molar-refractivity contribution in [2.75, 3.05) is 7.05 Å². The highest BCUT2D eigenvalue weighted by atomic mass is 32.1. The molecular formula is C23H21N3O4S. The fourth-order valence-corrected chi connectivity index (χ4v) is 3.98. The first-order valence-electron chi connectivity index (χ1n) is 9.68. The molecule has 2 aromatic heterocycles. The first kappa shape index (κ1) is 20.6. The van der Waals surface area contributed by atoms with Crippen LogP contribution < -0.4 is 4.87 Å². The molecule has 0 saturated heterocycles. The highest BCUT2D eigenvalue weighted by Gasteiger charge is 2.17. The molecule has 8 heteroatoms. The number of carbonyl (C=O) groups excluding carboxylic acids is 1. The summed E-state index contributed by atoms with van der Waals surface area (Å²) in [7, 11) is 1.72. The maximum atomic E-state index is 12.8. The van der Waals surface area contributed by atoms with Crippen LogP contribution in [-0.4, -0.2) is 32.9 Å². The van der Waals surface area contributed by atoms with E-state index in [1.807, 2.05) is 49.4 Å². The van der Waals surface area contributed by atoms with E-state index < -0.39 is 0 Å². The first-order chi connectivity index (χ1) is 14.9. The third kappa shape index (κ3) is 4.59. The van der Waals surface area contributed by atoms with E-state index in [1.165, 1.54) is 0 Å². The molecule has 0 atom stereocenters. The van der Waals surface area contributed by atoms with Crippen LogP contribution in [0.15, 0.2) is 63.8 Å².